The molecule has 2 aromatic rings. The molecule has 35 heavy (non-hydrogen) atoms. The number of hydrogen-bond acceptors (Lipinski definition) is 10. The number of rotatable bonds is 9. The molecule has 1 aromatic carbocycles. The Hall–Kier alpha value is -2.89. The fraction of sp³-hybridized carbons (Fsp3) is 0.480. The highest BCUT2D eigenvalue weighted by Gasteiger charge is 2.44. The SMILES string of the molecule is CC(C)=CCC/C(C)=C/COc1c(O)c2ccc(O[C@H]3O[C@H](CO)[C@@H](O)[C@H](O)[C@@H]3O)cc2oc1=O. The van der Waals surface area contributed by atoms with Crippen molar-refractivity contribution in [2.45, 2.75) is 64.3 Å². The zero-order chi connectivity index (χ0) is 25.7. The number of ether oxygens (including phenoxy) is 3. The lowest BCUT2D eigenvalue weighted by atomic mass is 9.99. The first-order chi connectivity index (χ1) is 16.6. The van der Waals surface area contributed by atoms with Crippen LogP contribution in [0.15, 0.2) is 50.7 Å². The second-order valence-corrected chi connectivity index (χ2v) is 8.72. The Morgan fingerprint density at radius 3 is 2.51 bits per heavy atom. The summed E-state index contributed by atoms with van der Waals surface area (Å²) in [5.74, 6) is -0.604. The van der Waals surface area contributed by atoms with E-state index in [4.69, 9.17) is 18.6 Å². The first-order valence-corrected chi connectivity index (χ1v) is 11.3. The lowest BCUT2D eigenvalue weighted by molar-refractivity contribution is -0.277. The van der Waals surface area contributed by atoms with Crippen LogP contribution in [-0.4, -0.2) is 69.5 Å². The van der Waals surface area contributed by atoms with Gasteiger partial charge in [-0.3, -0.25) is 0 Å². The molecule has 10 heteroatoms. The summed E-state index contributed by atoms with van der Waals surface area (Å²) >= 11 is 0. The number of aromatic hydroxyl groups is 1. The molecular formula is C25H32O10. The zero-order valence-electron chi connectivity index (χ0n) is 19.9. The van der Waals surface area contributed by atoms with Crippen LogP contribution in [0.2, 0.25) is 0 Å². The largest absolute Gasteiger partial charge is 0.504 e. The van der Waals surface area contributed by atoms with Gasteiger partial charge in [0.05, 0.1) is 12.0 Å². The van der Waals surface area contributed by atoms with E-state index in [0.717, 1.165) is 18.4 Å². The molecule has 0 radical (unpaired) electrons. The van der Waals surface area contributed by atoms with Gasteiger partial charge in [0.2, 0.25) is 12.0 Å². The molecule has 1 aromatic heterocycles. The van der Waals surface area contributed by atoms with Gasteiger partial charge in [-0.1, -0.05) is 17.2 Å². The van der Waals surface area contributed by atoms with Gasteiger partial charge in [-0.25, -0.2) is 4.79 Å². The van der Waals surface area contributed by atoms with Crippen LogP contribution in [0.3, 0.4) is 0 Å². The summed E-state index contributed by atoms with van der Waals surface area (Å²) in [6, 6.07) is 4.16. The maximum atomic E-state index is 12.4. The van der Waals surface area contributed by atoms with Crippen molar-refractivity contribution >= 4 is 11.0 Å². The Morgan fingerprint density at radius 1 is 1.09 bits per heavy atom. The minimum absolute atomic E-state index is 0.00427. The molecule has 1 aliphatic heterocycles. The predicted octanol–water partition coefficient (Wildman–Crippen LogP) is 1.75. The summed E-state index contributed by atoms with van der Waals surface area (Å²) in [5, 5.41) is 50.0. The van der Waals surface area contributed by atoms with Gasteiger partial charge in [-0.05, 0) is 51.8 Å². The van der Waals surface area contributed by atoms with E-state index in [0.29, 0.717) is 0 Å². The van der Waals surface area contributed by atoms with E-state index in [9.17, 15) is 30.3 Å². The number of aliphatic hydroxyl groups is 4. The third kappa shape index (κ3) is 6.41. The van der Waals surface area contributed by atoms with E-state index in [2.05, 4.69) is 6.08 Å². The molecule has 1 saturated heterocycles. The molecule has 0 aliphatic carbocycles. The summed E-state index contributed by atoms with van der Waals surface area (Å²) in [6.45, 7) is 5.52. The Morgan fingerprint density at radius 2 is 1.83 bits per heavy atom. The Balaban J connectivity index is 1.73. The molecule has 5 N–H and O–H groups in total. The van der Waals surface area contributed by atoms with Crippen LogP contribution in [0.1, 0.15) is 33.6 Å². The van der Waals surface area contributed by atoms with E-state index in [1.807, 2.05) is 26.8 Å². The number of aliphatic hydroxyl groups excluding tert-OH is 4. The van der Waals surface area contributed by atoms with Crippen LogP contribution in [0.25, 0.3) is 11.0 Å². The second kappa shape index (κ2) is 11.7. The van der Waals surface area contributed by atoms with Crippen molar-refractivity contribution < 1.29 is 44.2 Å². The van der Waals surface area contributed by atoms with Gasteiger partial charge in [-0.15, -0.1) is 0 Å². The summed E-state index contributed by atoms with van der Waals surface area (Å²) in [5.41, 5.74) is 1.45. The summed E-state index contributed by atoms with van der Waals surface area (Å²) in [4.78, 5) is 12.4. The molecule has 10 nitrogen and oxygen atoms in total. The summed E-state index contributed by atoms with van der Waals surface area (Å²) in [6.07, 6.45) is -1.53. The van der Waals surface area contributed by atoms with Gasteiger partial charge in [0.1, 0.15) is 42.4 Å². The van der Waals surface area contributed by atoms with Gasteiger partial charge < -0.3 is 44.2 Å². The van der Waals surface area contributed by atoms with Gasteiger partial charge >= 0.3 is 5.63 Å². The van der Waals surface area contributed by atoms with E-state index in [-0.39, 0.29) is 34.8 Å². The van der Waals surface area contributed by atoms with Gasteiger partial charge in [-0.2, -0.15) is 0 Å². The molecule has 0 unspecified atom stereocenters. The quantitative estimate of drug-likeness (QED) is 0.258. The van der Waals surface area contributed by atoms with Crippen LogP contribution in [0, 0.1) is 0 Å². The lowest BCUT2D eigenvalue weighted by Crippen LogP contribution is -2.60. The van der Waals surface area contributed by atoms with E-state index in [1.54, 1.807) is 0 Å². The second-order valence-electron chi connectivity index (χ2n) is 8.72. The maximum Gasteiger partial charge on any atom is 0.383 e. The third-order valence-electron chi connectivity index (χ3n) is 5.66. The Kier molecular flexibility index (Phi) is 8.92. The van der Waals surface area contributed by atoms with Crippen molar-refractivity contribution in [1.29, 1.82) is 0 Å². The molecule has 1 fully saturated rings. The highest BCUT2D eigenvalue weighted by molar-refractivity contribution is 5.86. The molecule has 0 bridgehead atoms. The van der Waals surface area contributed by atoms with E-state index < -0.39 is 42.9 Å². The van der Waals surface area contributed by atoms with Crippen molar-refractivity contribution in [1.82, 2.24) is 0 Å². The van der Waals surface area contributed by atoms with Crippen molar-refractivity contribution in [3.63, 3.8) is 0 Å². The van der Waals surface area contributed by atoms with E-state index >= 15 is 0 Å². The number of benzene rings is 1. The molecule has 2 heterocycles. The van der Waals surface area contributed by atoms with Crippen molar-refractivity contribution in [3.8, 4) is 17.2 Å². The van der Waals surface area contributed by atoms with Crippen LogP contribution >= 0.6 is 0 Å². The number of fused-ring (bicyclic) bond motifs is 1. The summed E-state index contributed by atoms with van der Waals surface area (Å²) < 4.78 is 21.6. The molecular weight excluding hydrogens is 460 g/mol. The highest BCUT2D eigenvalue weighted by Crippen LogP contribution is 2.34. The highest BCUT2D eigenvalue weighted by atomic mass is 16.7. The monoisotopic (exact) mass is 492 g/mol. The van der Waals surface area contributed by atoms with Crippen LogP contribution in [-0.2, 0) is 4.74 Å². The average Bonchev–Trinajstić information content (AvgIpc) is 2.81. The van der Waals surface area contributed by atoms with Crippen molar-refractivity contribution in [2.24, 2.45) is 0 Å². The predicted molar refractivity (Wildman–Crippen MR) is 126 cm³/mol. The van der Waals surface area contributed by atoms with Crippen molar-refractivity contribution in [3.05, 3.63) is 51.9 Å². The van der Waals surface area contributed by atoms with Crippen LogP contribution in [0.4, 0.5) is 0 Å². The lowest BCUT2D eigenvalue weighted by Gasteiger charge is -2.39. The molecule has 0 saturated carbocycles. The standard InChI is InChI=1S/C25H32O10/c1-13(2)5-4-6-14(3)9-10-32-23-19(27)16-8-7-15(11-17(16)34-24(23)31)33-25-22(30)21(29)20(28)18(12-26)35-25/h5,7-9,11,18,20-22,25-30H,4,6,10,12H2,1-3H3/b14-9+/t18-,20-,21+,22+,25+/m1/s1. The fourth-order valence-corrected chi connectivity index (χ4v) is 3.61. The Bertz CT molecular complexity index is 1130. The average molecular weight is 493 g/mol. The van der Waals surface area contributed by atoms with Gasteiger partial charge in [0, 0.05) is 6.07 Å². The first-order valence-electron chi connectivity index (χ1n) is 11.3. The number of allylic oxidation sites excluding steroid dienone is 3. The molecule has 192 valence electrons. The van der Waals surface area contributed by atoms with Crippen molar-refractivity contribution in [2.75, 3.05) is 13.2 Å². The third-order valence-corrected chi connectivity index (χ3v) is 5.66. The van der Waals surface area contributed by atoms with E-state index in [1.165, 1.54) is 23.8 Å². The first kappa shape index (κ1) is 26.7. The topological polar surface area (TPSA) is 159 Å². The maximum absolute atomic E-state index is 12.4. The molecule has 1 aliphatic rings. The van der Waals surface area contributed by atoms with Gasteiger partial charge in [0.25, 0.3) is 0 Å². The summed E-state index contributed by atoms with van der Waals surface area (Å²) in [7, 11) is 0. The minimum Gasteiger partial charge on any atom is -0.504 e. The Labute approximate surface area is 202 Å². The fourth-order valence-electron chi connectivity index (χ4n) is 3.61. The number of hydrogen-bond donors (Lipinski definition) is 5. The molecule has 3 rings (SSSR count). The molecule has 5 atom stereocenters. The van der Waals surface area contributed by atoms with Gasteiger partial charge in [0.15, 0.2) is 5.75 Å². The zero-order valence-corrected chi connectivity index (χ0v) is 19.9. The minimum atomic E-state index is -1.60. The molecule has 0 amide bonds. The van der Waals surface area contributed by atoms with Crippen LogP contribution < -0.4 is 15.1 Å². The van der Waals surface area contributed by atoms with Crippen LogP contribution in [0.5, 0.6) is 17.2 Å². The smallest absolute Gasteiger partial charge is 0.383 e. The molecule has 0 spiro atoms. The normalized spacial score (nSPS) is 24.9.